The number of benzene rings is 1. The topological polar surface area (TPSA) is 73.8 Å². The molecule has 7 heteroatoms. The summed E-state index contributed by atoms with van der Waals surface area (Å²) in [7, 11) is 0. The predicted molar refractivity (Wildman–Crippen MR) is 99.4 cm³/mol. The van der Waals surface area contributed by atoms with Crippen LogP contribution in [0, 0.1) is 12.7 Å². The highest BCUT2D eigenvalue weighted by Crippen LogP contribution is 2.23. The van der Waals surface area contributed by atoms with Gasteiger partial charge in [-0.3, -0.25) is 9.20 Å². The number of halogens is 1. The highest BCUT2D eigenvalue weighted by Gasteiger charge is 2.15. The summed E-state index contributed by atoms with van der Waals surface area (Å²) in [6, 6.07) is 15.5. The van der Waals surface area contributed by atoms with Crippen LogP contribution >= 0.6 is 0 Å². The molecule has 0 spiro atoms. The summed E-state index contributed by atoms with van der Waals surface area (Å²) in [6.07, 6.45) is 0. The van der Waals surface area contributed by atoms with Crippen molar-refractivity contribution in [2.45, 2.75) is 13.5 Å². The molecule has 0 N–H and O–H groups in total. The van der Waals surface area contributed by atoms with Gasteiger partial charge in [-0.1, -0.05) is 6.07 Å². The molecule has 0 saturated heterocycles. The number of fused-ring (bicyclic) bond motifs is 1. The SMILES string of the molecule is Cc1cccc2nc(COC(=O)c3ccc(-c4ccc(F)cc4)o3)cc(=O)n12. The second kappa shape index (κ2) is 7.11. The third-order valence-corrected chi connectivity index (χ3v) is 4.22. The summed E-state index contributed by atoms with van der Waals surface area (Å²) in [5.41, 5.74) is 1.98. The first-order valence-electron chi connectivity index (χ1n) is 8.52. The summed E-state index contributed by atoms with van der Waals surface area (Å²) >= 11 is 0. The summed E-state index contributed by atoms with van der Waals surface area (Å²) in [5, 5.41) is 0. The van der Waals surface area contributed by atoms with Gasteiger partial charge in [-0.25, -0.2) is 14.2 Å². The van der Waals surface area contributed by atoms with E-state index in [1.54, 1.807) is 30.3 Å². The van der Waals surface area contributed by atoms with Gasteiger partial charge in [0, 0.05) is 17.3 Å². The lowest BCUT2D eigenvalue weighted by atomic mass is 10.2. The van der Waals surface area contributed by atoms with Crippen molar-refractivity contribution < 1.29 is 18.3 Å². The van der Waals surface area contributed by atoms with Gasteiger partial charge < -0.3 is 9.15 Å². The fourth-order valence-corrected chi connectivity index (χ4v) is 2.87. The molecule has 3 aromatic heterocycles. The number of ether oxygens (including phenoxy) is 1. The average molecular weight is 378 g/mol. The van der Waals surface area contributed by atoms with E-state index in [0.29, 0.717) is 22.7 Å². The Balaban J connectivity index is 1.50. The fourth-order valence-electron chi connectivity index (χ4n) is 2.87. The van der Waals surface area contributed by atoms with Crippen LogP contribution in [0.2, 0.25) is 0 Å². The molecule has 28 heavy (non-hydrogen) atoms. The molecule has 140 valence electrons. The zero-order valence-corrected chi connectivity index (χ0v) is 14.9. The van der Waals surface area contributed by atoms with Crippen LogP contribution in [-0.4, -0.2) is 15.4 Å². The second-order valence-corrected chi connectivity index (χ2v) is 6.19. The quantitative estimate of drug-likeness (QED) is 0.506. The molecule has 0 aliphatic rings. The van der Waals surface area contributed by atoms with Crippen molar-refractivity contribution in [1.29, 1.82) is 0 Å². The van der Waals surface area contributed by atoms with Crippen LogP contribution in [0.1, 0.15) is 21.9 Å². The van der Waals surface area contributed by atoms with Crippen LogP contribution in [0.3, 0.4) is 0 Å². The Morgan fingerprint density at radius 1 is 1.14 bits per heavy atom. The zero-order chi connectivity index (χ0) is 19.7. The number of hydrogen-bond acceptors (Lipinski definition) is 5. The van der Waals surface area contributed by atoms with E-state index >= 15 is 0 Å². The van der Waals surface area contributed by atoms with E-state index in [1.165, 1.54) is 28.7 Å². The molecule has 3 heterocycles. The van der Waals surface area contributed by atoms with Gasteiger partial charge in [-0.05, 0) is 55.5 Å². The largest absolute Gasteiger partial charge is 0.453 e. The summed E-state index contributed by atoms with van der Waals surface area (Å²) in [4.78, 5) is 28.8. The lowest BCUT2D eigenvalue weighted by molar-refractivity contribution is 0.0432. The Morgan fingerprint density at radius 3 is 2.71 bits per heavy atom. The van der Waals surface area contributed by atoms with Crippen molar-refractivity contribution >= 4 is 11.6 Å². The van der Waals surface area contributed by atoms with Gasteiger partial charge in [-0.2, -0.15) is 0 Å². The molecule has 0 radical (unpaired) electrons. The van der Waals surface area contributed by atoms with Gasteiger partial charge in [-0.15, -0.1) is 0 Å². The molecule has 0 unspecified atom stereocenters. The van der Waals surface area contributed by atoms with Crippen LogP contribution in [0.15, 0.2) is 69.9 Å². The summed E-state index contributed by atoms with van der Waals surface area (Å²) in [5.74, 6) is -0.610. The van der Waals surface area contributed by atoms with Crippen molar-refractivity contribution in [2.24, 2.45) is 0 Å². The van der Waals surface area contributed by atoms with Gasteiger partial charge in [0.15, 0.2) is 0 Å². The molecular weight excluding hydrogens is 363 g/mol. The molecule has 4 aromatic rings. The number of nitrogens with zero attached hydrogens (tertiary/aromatic N) is 2. The molecule has 0 saturated carbocycles. The van der Waals surface area contributed by atoms with Gasteiger partial charge in [0.2, 0.25) is 5.76 Å². The van der Waals surface area contributed by atoms with Crippen molar-refractivity contribution in [2.75, 3.05) is 0 Å². The molecule has 0 aliphatic heterocycles. The minimum atomic E-state index is -0.681. The monoisotopic (exact) mass is 378 g/mol. The zero-order valence-electron chi connectivity index (χ0n) is 14.9. The number of hydrogen-bond donors (Lipinski definition) is 0. The van der Waals surface area contributed by atoms with E-state index < -0.39 is 5.97 Å². The molecule has 0 amide bonds. The maximum absolute atomic E-state index is 13.0. The maximum atomic E-state index is 13.0. The third-order valence-electron chi connectivity index (χ3n) is 4.22. The predicted octanol–water partition coefficient (Wildman–Crippen LogP) is 3.76. The van der Waals surface area contributed by atoms with Crippen LogP contribution in [-0.2, 0) is 11.3 Å². The van der Waals surface area contributed by atoms with E-state index in [-0.39, 0.29) is 23.7 Å². The average Bonchev–Trinajstić information content (AvgIpc) is 3.17. The van der Waals surface area contributed by atoms with E-state index in [2.05, 4.69) is 4.98 Å². The number of furan rings is 1. The minimum Gasteiger partial charge on any atom is -0.453 e. The normalized spacial score (nSPS) is 10.9. The number of carbonyl (C=O) groups is 1. The molecule has 0 atom stereocenters. The minimum absolute atomic E-state index is 0.00711. The van der Waals surface area contributed by atoms with E-state index in [9.17, 15) is 14.0 Å². The smallest absolute Gasteiger partial charge is 0.374 e. The fraction of sp³-hybridized carbons (Fsp3) is 0.0952. The van der Waals surface area contributed by atoms with Crippen LogP contribution in [0.25, 0.3) is 17.0 Å². The number of rotatable bonds is 4. The van der Waals surface area contributed by atoms with Crippen molar-refractivity contribution in [1.82, 2.24) is 9.38 Å². The maximum Gasteiger partial charge on any atom is 0.374 e. The lowest BCUT2D eigenvalue weighted by Crippen LogP contribution is -2.18. The van der Waals surface area contributed by atoms with Gasteiger partial charge >= 0.3 is 5.97 Å². The Hall–Kier alpha value is -3.74. The van der Waals surface area contributed by atoms with Crippen LogP contribution < -0.4 is 5.56 Å². The third kappa shape index (κ3) is 3.42. The summed E-state index contributed by atoms with van der Waals surface area (Å²) in [6.45, 7) is 1.65. The van der Waals surface area contributed by atoms with E-state index in [0.717, 1.165) is 5.69 Å². The molecule has 4 rings (SSSR count). The molecule has 0 bridgehead atoms. The van der Waals surface area contributed by atoms with Crippen LogP contribution in [0.4, 0.5) is 4.39 Å². The molecule has 6 nitrogen and oxygen atoms in total. The molecule has 1 aromatic carbocycles. The van der Waals surface area contributed by atoms with Gasteiger partial charge in [0.25, 0.3) is 5.56 Å². The number of aryl methyl sites for hydroxylation is 1. The van der Waals surface area contributed by atoms with Crippen molar-refractivity contribution in [3.63, 3.8) is 0 Å². The summed E-state index contributed by atoms with van der Waals surface area (Å²) < 4.78 is 25.2. The molecule has 0 fully saturated rings. The first-order chi connectivity index (χ1) is 13.5. The standard InChI is InChI=1S/C21H15FN2O4/c1-13-3-2-4-19-23-16(11-20(25)24(13)19)12-27-21(26)18-10-9-17(28-18)14-5-7-15(22)8-6-14/h2-11H,12H2,1H3. The van der Waals surface area contributed by atoms with E-state index in [4.69, 9.17) is 9.15 Å². The van der Waals surface area contributed by atoms with Crippen molar-refractivity contribution in [3.05, 3.63) is 94.0 Å². The Morgan fingerprint density at radius 2 is 1.93 bits per heavy atom. The second-order valence-electron chi connectivity index (χ2n) is 6.19. The van der Waals surface area contributed by atoms with Gasteiger partial charge in [0.1, 0.15) is 23.8 Å². The van der Waals surface area contributed by atoms with E-state index in [1.807, 2.05) is 13.0 Å². The number of pyridine rings is 1. The van der Waals surface area contributed by atoms with Crippen molar-refractivity contribution in [3.8, 4) is 11.3 Å². The lowest BCUT2D eigenvalue weighted by Gasteiger charge is -2.07. The first-order valence-corrected chi connectivity index (χ1v) is 8.52. The number of esters is 1. The molecular formula is C21H15FN2O4. The number of carbonyl (C=O) groups excluding carboxylic acids is 1. The molecule has 0 aliphatic carbocycles. The Kier molecular flexibility index (Phi) is 4.49. The van der Waals surface area contributed by atoms with Gasteiger partial charge in [0.05, 0.1) is 5.69 Å². The Bertz CT molecular complexity index is 1230. The first kappa shape index (κ1) is 17.7. The Labute approximate surface area is 158 Å². The number of aromatic nitrogens is 2. The highest BCUT2D eigenvalue weighted by molar-refractivity contribution is 5.87. The van der Waals surface area contributed by atoms with Crippen LogP contribution in [0.5, 0.6) is 0 Å². The highest BCUT2D eigenvalue weighted by atomic mass is 19.1.